The zero-order valence-corrected chi connectivity index (χ0v) is 17.2. The van der Waals surface area contributed by atoms with Crippen LogP contribution in [0.2, 0.25) is 0 Å². The van der Waals surface area contributed by atoms with E-state index in [0.717, 1.165) is 64.4 Å². The lowest BCUT2D eigenvalue weighted by atomic mass is 9.83. The van der Waals surface area contributed by atoms with E-state index in [-0.39, 0.29) is 17.4 Å². The SMILES string of the molecule is CC(=O)N1CCC2(CC1)c1nnc(C(=O)N3CCCN(C)CC3)n1CCN2C. The maximum Gasteiger partial charge on any atom is 0.291 e. The molecule has 0 saturated carbocycles. The molecule has 3 aliphatic rings. The number of carbonyl (C=O) groups excluding carboxylic acids is 2. The number of likely N-dealkylation sites (N-methyl/N-ethyl adjacent to an activating group) is 2. The second kappa shape index (κ2) is 7.44. The summed E-state index contributed by atoms with van der Waals surface area (Å²) in [7, 11) is 4.22. The van der Waals surface area contributed by atoms with Gasteiger partial charge >= 0.3 is 0 Å². The molecule has 1 aromatic rings. The zero-order valence-electron chi connectivity index (χ0n) is 17.2. The maximum atomic E-state index is 13.2. The van der Waals surface area contributed by atoms with Crippen molar-refractivity contribution in [3.05, 3.63) is 11.6 Å². The summed E-state index contributed by atoms with van der Waals surface area (Å²) < 4.78 is 2.04. The Morgan fingerprint density at radius 2 is 1.61 bits per heavy atom. The third kappa shape index (κ3) is 3.20. The van der Waals surface area contributed by atoms with Crippen LogP contribution in [-0.2, 0) is 16.9 Å². The molecule has 28 heavy (non-hydrogen) atoms. The van der Waals surface area contributed by atoms with Gasteiger partial charge in [0.25, 0.3) is 5.91 Å². The van der Waals surface area contributed by atoms with E-state index >= 15 is 0 Å². The first-order valence-electron chi connectivity index (χ1n) is 10.3. The van der Waals surface area contributed by atoms with Gasteiger partial charge in [-0.1, -0.05) is 0 Å². The average Bonchev–Trinajstić information content (AvgIpc) is 3.00. The van der Waals surface area contributed by atoms with E-state index < -0.39 is 0 Å². The molecule has 154 valence electrons. The van der Waals surface area contributed by atoms with Crippen molar-refractivity contribution in [1.82, 2.24) is 34.4 Å². The van der Waals surface area contributed by atoms with Gasteiger partial charge in [-0.15, -0.1) is 10.2 Å². The van der Waals surface area contributed by atoms with Gasteiger partial charge < -0.3 is 19.3 Å². The number of piperidine rings is 1. The van der Waals surface area contributed by atoms with E-state index in [1.807, 2.05) is 14.4 Å². The third-order valence-corrected chi connectivity index (χ3v) is 6.79. The number of rotatable bonds is 1. The molecule has 3 aliphatic heterocycles. The molecule has 0 unspecified atom stereocenters. The van der Waals surface area contributed by atoms with Gasteiger partial charge in [-0.05, 0) is 39.9 Å². The molecule has 2 saturated heterocycles. The van der Waals surface area contributed by atoms with Crippen LogP contribution in [0.3, 0.4) is 0 Å². The number of aromatic nitrogens is 3. The van der Waals surface area contributed by atoms with Gasteiger partial charge in [0.15, 0.2) is 5.82 Å². The van der Waals surface area contributed by atoms with Crippen LogP contribution in [0.15, 0.2) is 0 Å². The molecule has 1 spiro atoms. The molecule has 0 radical (unpaired) electrons. The number of hydrogen-bond acceptors (Lipinski definition) is 6. The van der Waals surface area contributed by atoms with Gasteiger partial charge in [-0.25, -0.2) is 0 Å². The molecule has 1 aromatic heterocycles. The van der Waals surface area contributed by atoms with Crippen molar-refractivity contribution in [2.75, 3.05) is 59.9 Å². The summed E-state index contributed by atoms with van der Waals surface area (Å²) in [5, 5.41) is 8.88. The molecule has 2 fully saturated rings. The highest BCUT2D eigenvalue weighted by atomic mass is 16.2. The van der Waals surface area contributed by atoms with Crippen LogP contribution in [-0.4, -0.2) is 106 Å². The van der Waals surface area contributed by atoms with Crippen molar-refractivity contribution in [2.45, 2.75) is 38.3 Å². The smallest absolute Gasteiger partial charge is 0.291 e. The van der Waals surface area contributed by atoms with Gasteiger partial charge in [-0.2, -0.15) is 0 Å². The van der Waals surface area contributed by atoms with Crippen molar-refractivity contribution in [3.63, 3.8) is 0 Å². The number of likely N-dealkylation sites (tertiary alicyclic amines) is 1. The van der Waals surface area contributed by atoms with Crippen LogP contribution in [0.25, 0.3) is 0 Å². The molecule has 9 nitrogen and oxygen atoms in total. The summed E-state index contributed by atoms with van der Waals surface area (Å²) in [5.74, 6) is 1.48. The van der Waals surface area contributed by atoms with Gasteiger partial charge in [0.2, 0.25) is 11.7 Å². The molecule has 0 N–H and O–H groups in total. The highest BCUT2D eigenvalue weighted by Crippen LogP contribution is 2.39. The fraction of sp³-hybridized carbons (Fsp3) is 0.789. The molecular formula is C19H31N7O2. The second-order valence-corrected chi connectivity index (χ2v) is 8.41. The molecule has 0 aliphatic carbocycles. The van der Waals surface area contributed by atoms with Crippen molar-refractivity contribution >= 4 is 11.8 Å². The summed E-state index contributed by atoms with van der Waals surface area (Å²) in [6.45, 7) is 8.05. The number of fused-ring (bicyclic) bond motifs is 2. The van der Waals surface area contributed by atoms with E-state index in [4.69, 9.17) is 0 Å². The lowest BCUT2D eigenvalue weighted by Crippen LogP contribution is -2.57. The number of nitrogens with zero attached hydrogens (tertiary/aromatic N) is 7. The first-order chi connectivity index (χ1) is 13.4. The highest BCUT2D eigenvalue weighted by Gasteiger charge is 2.47. The summed E-state index contributed by atoms with van der Waals surface area (Å²) >= 11 is 0. The largest absolute Gasteiger partial charge is 0.343 e. The van der Waals surface area contributed by atoms with E-state index in [2.05, 4.69) is 34.1 Å². The van der Waals surface area contributed by atoms with Gasteiger partial charge in [0.05, 0.1) is 5.54 Å². The van der Waals surface area contributed by atoms with Crippen molar-refractivity contribution < 1.29 is 9.59 Å². The first kappa shape index (κ1) is 19.3. The lowest BCUT2D eigenvalue weighted by molar-refractivity contribution is -0.132. The molecule has 4 heterocycles. The third-order valence-electron chi connectivity index (χ3n) is 6.79. The second-order valence-electron chi connectivity index (χ2n) is 8.41. The normalized spacial score (nSPS) is 23.5. The van der Waals surface area contributed by atoms with Crippen LogP contribution < -0.4 is 0 Å². The number of carbonyl (C=O) groups is 2. The summed E-state index contributed by atoms with van der Waals surface area (Å²) in [4.78, 5) is 33.4. The maximum absolute atomic E-state index is 13.2. The molecule has 0 bridgehead atoms. The van der Waals surface area contributed by atoms with E-state index in [1.165, 1.54) is 0 Å². The Hall–Kier alpha value is -2.00. The lowest BCUT2D eigenvalue weighted by Gasteiger charge is -2.49. The minimum atomic E-state index is -0.241. The van der Waals surface area contributed by atoms with Crippen LogP contribution in [0.5, 0.6) is 0 Å². The Labute approximate surface area is 166 Å². The van der Waals surface area contributed by atoms with Crippen molar-refractivity contribution in [2.24, 2.45) is 0 Å². The topological polar surface area (TPSA) is 77.8 Å². The van der Waals surface area contributed by atoms with Crippen molar-refractivity contribution in [1.29, 1.82) is 0 Å². The molecule has 9 heteroatoms. The zero-order chi connectivity index (χ0) is 19.9. The monoisotopic (exact) mass is 389 g/mol. The average molecular weight is 390 g/mol. The van der Waals surface area contributed by atoms with Crippen molar-refractivity contribution in [3.8, 4) is 0 Å². The molecule has 0 atom stereocenters. The standard InChI is InChI=1S/C19H31N7O2/c1-15(27)24-9-5-19(6-10-24)18-21-20-16(26(18)14-12-23(19)3)17(28)25-8-4-7-22(2)11-13-25/h4-14H2,1-3H3. The molecule has 0 aromatic carbocycles. The summed E-state index contributed by atoms with van der Waals surface area (Å²) in [6, 6.07) is 0. The van der Waals surface area contributed by atoms with E-state index in [1.54, 1.807) is 6.92 Å². The Bertz CT molecular complexity index is 753. The van der Waals surface area contributed by atoms with Crippen LogP contribution in [0, 0.1) is 0 Å². The summed E-state index contributed by atoms with van der Waals surface area (Å²) in [6.07, 6.45) is 2.63. The fourth-order valence-corrected chi connectivity index (χ4v) is 4.84. The molecule has 4 rings (SSSR count). The van der Waals surface area contributed by atoms with E-state index in [0.29, 0.717) is 18.9 Å². The minimum Gasteiger partial charge on any atom is -0.343 e. The quantitative estimate of drug-likeness (QED) is 0.664. The highest BCUT2D eigenvalue weighted by molar-refractivity contribution is 5.90. The van der Waals surface area contributed by atoms with Gasteiger partial charge in [0.1, 0.15) is 0 Å². The first-order valence-corrected chi connectivity index (χ1v) is 10.3. The molecule has 2 amide bonds. The fourth-order valence-electron chi connectivity index (χ4n) is 4.84. The predicted molar refractivity (Wildman–Crippen MR) is 104 cm³/mol. The Morgan fingerprint density at radius 3 is 2.32 bits per heavy atom. The Kier molecular flexibility index (Phi) is 5.13. The Morgan fingerprint density at radius 1 is 0.857 bits per heavy atom. The van der Waals surface area contributed by atoms with Crippen LogP contribution in [0.4, 0.5) is 0 Å². The number of hydrogen-bond donors (Lipinski definition) is 0. The van der Waals surface area contributed by atoms with Gasteiger partial charge in [-0.3, -0.25) is 14.5 Å². The van der Waals surface area contributed by atoms with Crippen LogP contribution in [0.1, 0.15) is 42.6 Å². The predicted octanol–water partition coefficient (Wildman–Crippen LogP) is -0.161. The molecular weight excluding hydrogens is 358 g/mol. The number of amides is 2. The van der Waals surface area contributed by atoms with E-state index in [9.17, 15) is 9.59 Å². The van der Waals surface area contributed by atoms with Gasteiger partial charge in [0, 0.05) is 52.7 Å². The Balaban J connectivity index is 1.59. The summed E-state index contributed by atoms with van der Waals surface area (Å²) in [5.41, 5.74) is -0.241. The van der Waals surface area contributed by atoms with Crippen LogP contribution >= 0.6 is 0 Å². The minimum absolute atomic E-state index is 0.00470.